The zero-order chi connectivity index (χ0) is 18.6. The maximum Gasteiger partial charge on any atom is 0.264 e. The van der Waals surface area contributed by atoms with E-state index in [1.54, 1.807) is 0 Å². The number of anilines is 1. The number of carbonyl (C=O) groups is 2. The van der Waals surface area contributed by atoms with Gasteiger partial charge in [0.15, 0.2) is 10.9 Å². The van der Waals surface area contributed by atoms with E-state index in [0.717, 1.165) is 16.1 Å². The van der Waals surface area contributed by atoms with Gasteiger partial charge in [-0.05, 0) is 36.4 Å². The van der Waals surface area contributed by atoms with Crippen molar-refractivity contribution in [1.82, 2.24) is 0 Å². The maximum absolute atomic E-state index is 13.0. The molecule has 25 heavy (non-hydrogen) atoms. The molecule has 0 saturated heterocycles. The number of sulfonamides is 1. The van der Waals surface area contributed by atoms with Crippen LogP contribution in [-0.2, 0) is 14.8 Å². The van der Waals surface area contributed by atoms with E-state index in [1.807, 2.05) is 0 Å². The highest BCUT2D eigenvalue weighted by Crippen LogP contribution is 2.23. The molecule has 2 aromatic rings. The van der Waals surface area contributed by atoms with Crippen molar-refractivity contribution in [3.05, 3.63) is 59.9 Å². The largest absolute Gasteiger partial charge is 0.293 e. The summed E-state index contributed by atoms with van der Waals surface area (Å²) in [5, 5.41) is -0.187. The average molecular weight is 381 g/mol. The molecule has 2 aromatic carbocycles. The quantitative estimate of drug-likeness (QED) is 0.719. The van der Waals surface area contributed by atoms with Gasteiger partial charge in [-0.15, -0.1) is 0 Å². The van der Waals surface area contributed by atoms with Crippen molar-refractivity contribution in [1.29, 1.82) is 0 Å². The second kappa shape index (κ2) is 7.79. The molecule has 8 heteroatoms. The first-order valence-corrected chi connectivity index (χ1v) is 9.65. The predicted octanol–water partition coefficient (Wildman–Crippen LogP) is 3.11. The molecule has 0 saturated carbocycles. The number of benzene rings is 2. The summed E-state index contributed by atoms with van der Waals surface area (Å²) < 4.78 is 39.5. The number of rotatable bonds is 6. The van der Waals surface area contributed by atoms with E-state index in [2.05, 4.69) is 0 Å². The van der Waals surface area contributed by atoms with Crippen LogP contribution < -0.4 is 4.31 Å². The van der Waals surface area contributed by atoms with Gasteiger partial charge < -0.3 is 0 Å². The Morgan fingerprint density at radius 2 is 1.76 bits per heavy atom. The first-order valence-electron chi connectivity index (χ1n) is 7.23. The van der Waals surface area contributed by atoms with Crippen molar-refractivity contribution in [2.75, 3.05) is 17.1 Å². The van der Waals surface area contributed by atoms with Crippen LogP contribution in [0.3, 0.4) is 0 Å². The van der Waals surface area contributed by atoms with Crippen LogP contribution in [0.5, 0.6) is 0 Å². The average Bonchev–Trinajstić information content (AvgIpc) is 2.59. The molecule has 0 atom stereocenters. The van der Waals surface area contributed by atoms with Crippen molar-refractivity contribution in [2.45, 2.75) is 11.8 Å². The fraction of sp³-hybridized carbons (Fsp3) is 0.176. The first kappa shape index (κ1) is 19.1. The molecule has 0 aromatic heterocycles. The summed E-state index contributed by atoms with van der Waals surface area (Å²) in [5.41, 5.74) is 0.507. The van der Waals surface area contributed by atoms with Crippen molar-refractivity contribution < 1.29 is 22.4 Å². The van der Waals surface area contributed by atoms with Gasteiger partial charge in [-0.1, -0.05) is 23.9 Å². The second-order valence-corrected chi connectivity index (χ2v) is 8.30. The number of thioether (sulfide) groups is 1. The minimum absolute atomic E-state index is 0.0490. The van der Waals surface area contributed by atoms with Crippen LogP contribution >= 0.6 is 11.8 Å². The van der Waals surface area contributed by atoms with E-state index >= 15 is 0 Å². The Hall–Kier alpha value is -2.19. The number of Topliss-reactive ketones (excluding diaryl/α,β-unsaturated/α-hetero) is 1. The number of ketones is 1. The van der Waals surface area contributed by atoms with Crippen molar-refractivity contribution >= 4 is 38.4 Å². The standard InChI is InChI=1S/C17H16FNO4S2/c1-12(20)24-11-17(21)13-4-3-5-16(10-13)25(22,23)19(2)15-8-6-14(18)7-9-15/h3-10H,11H2,1-2H3. The molecule has 2 rings (SSSR count). The fourth-order valence-corrected chi connectivity index (χ4v) is 3.77. The molecule has 0 amide bonds. The number of carbonyl (C=O) groups excluding carboxylic acids is 2. The number of halogens is 1. The lowest BCUT2D eigenvalue weighted by Crippen LogP contribution is -2.26. The SMILES string of the molecule is CC(=O)SCC(=O)c1cccc(S(=O)(=O)N(C)c2ccc(F)cc2)c1. The van der Waals surface area contributed by atoms with Gasteiger partial charge in [0.2, 0.25) is 0 Å². The third kappa shape index (κ3) is 4.67. The Labute approximate surface area is 149 Å². The summed E-state index contributed by atoms with van der Waals surface area (Å²) in [6.07, 6.45) is 0. The van der Waals surface area contributed by atoms with Gasteiger partial charge in [-0.2, -0.15) is 0 Å². The zero-order valence-electron chi connectivity index (χ0n) is 13.6. The topological polar surface area (TPSA) is 71.5 Å². The van der Waals surface area contributed by atoms with Crippen LogP contribution in [0.4, 0.5) is 10.1 Å². The van der Waals surface area contributed by atoms with E-state index in [0.29, 0.717) is 5.69 Å². The van der Waals surface area contributed by atoms with Gasteiger partial charge in [0.25, 0.3) is 10.0 Å². The molecule has 0 radical (unpaired) electrons. The lowest BCUT2D eigenvalue weighted by Gasteiger charge is -2.19. The van der Waals surface area contributed by atoms with Gasteiger partial charge in [0.05, 0.1) is 16.3 Å². The van der Waals surface area contributed by atoms with E-state index in [4.69, 9.17) is 0 Å². The smallest absolute Gasteiger partial charge is 0.264 e. The molecule has 0 bridgehead atoms. The van der Waals surface area contributed by atoms with Gasteiger partial charge in [0.1, 0.15) is 5.82 Å². The number of hydrogen-bond acceptors (Lipinski definition) is 5. The fourth-order valence-electron chi connectivity index (χ4n) is 2.03. The zero-order valence-corrected chi connectivity index (χ0v) is 15.2. The molecule has 0 spiro atoms. The Morgan fingerprint density at radius 3 is 2.36 bits per heavy atom. The maximum atomic E-state index is 13.0. The summed E-state index contributed by atoms with van der Waals surface area (Å²) in [6.45, 7) is 1.36. The molecule has 0 N–H and O–H groups in total. The van der Waals surface area contributed by atoms with E-state index in [-0.39, 0.29) is 27.1 Å². The summed E-state index contributed by atoms with van der Waals surface area (Å²) >= 11 is 0.868. The summed E-state index contributed by atoms with van der Waals surface area (Å²) in [6, 6.07) is 10.7. The number of hydrogen-bond donors (Lipinski definition) is 0. The second-order valence-electron chi connectivity index (χ2n) is 5.18. The molecule has 0 aliphatic heterocycles. The van der Waals surface area contributed by atoms with Crippen molar-refractivity contribution in [3.63, 3.8) is 0 Å². The van der Waals surface area contributed by atoms with Crippen LogP contribution in [0.25, 0.3) is 0 Å². The molecular formula is C17H16FNO4S2. The summed E-state index contributed by atoms with van der Waals surface area (Å²) in [7, 11) is -2.56. The molecule has 0 heterocycles. The molecular weight excluding hydrogens is 365 g/mol. The van der Waals surface area contributed by atoms with Crippen molar-refractivity contribution in [2.24, 2.45) is 0 Å². The third-order valence-electron chi connectivity index (χ3n) is 3.41. The van der Waals surface area contributed by atoms with Gasteiger partial charge in [0, 0.05) is 19.5 Å². The highest BCUT2D eigenvalue weighted by Gasteiger charge is 2.22. The molecule has 0 aliphatic rings. The van der Waals surface area contributed by atoms with E-state index in [9.17, 15) is 22.4 Å². The summed E-state index contributed by atoms with van der Waals surface area (Å²) in [4.78, 5) is 23.0. The third-order valence-corrected chi connectivity index (χ3v) is 6.01. The Kier molecular flexibility index (Phi) is 5.97. The Morgan fingerprint density at radius 1 is 1.12 bits per heavy atom. The van der Waals surface area contributed by atoms with Crippen LogP contribution in [0, 0.1) is 5.82 Å². The molecule has 0 aliphatic carbocycles. The van der Waals surface area contributed by atoms with Gasteiger partial charge in [-0.3, -0.25) is 13.9 Å². The van der Waals surface area contributed by atoms with E-state index < -0.39 is 15.8 Å². The van der Waals surface area contributed by atoms with Crippen LogP contribution in [0.1, 0.15) is 17.3 Å². The molecule has 5 nitrogen and oxygen atoms in total. The molecule has 0 unspecified atom stereocenters. The monoisotopic (exact) mass is 381 g/mol. The van der Waals surface area contributed by atoms with Crippen LogP contribution in [0.2, 0.25) is 0 Å². The van der Waals surface area contributed by atoms with E-state index in [1.165, 1.54) is 62.5 Å². The van der Waals surface area contributed by atoms with Crippen molar-refractivity contribution in [3.8, 4) is 0 Å². The molecule has 132 valence electrons. The lowest BCUT2D eigenvalue weighted by molar-refractivity contribution is -0.109. The van der Waals surface area contributed by atoms with Crippen LogP contribution in [-0.4, -0.2) is 32.1 Å². The number of nitrogens with zero attached hydrogens (tertiary/aromatic N) is 1. The highest BCUT2D eigenvalue weighted by molar-refractivity contribution is 8.14. The highest BCUT2D eigenvalue weighted by atomic mass is 32.2. The van der Waals surface area contributed by atoms with Gasteiger partial charge in [-0.25, -0.2) is 12.8 Å². The minimum atomic E-state index is -3.91. The predicted molar refractivity (Wildman–Crippen MR) is 95.9 cm³/mol. The molecule has 0 fully saturated rings. The summed E-state index contributed by atoms with van der Waals surface area (Å²) in [5.74, 6) is -0.848. The lowest BCUT2D eigenvalue weighted by atomic mass is 10.1. The van der Waals surface area contributed by atoms with Crippen LogP contribution in [0.15, 0.2) is 53.4 Å². The Balaban J connectivity index is 2.30. The first-order chi connectivity index (χ1) is 11.7. The Bertz CT molecular complexity index is 895. The normalized spacial score (nSPS) is 11.2. The van der Waals surface area contributed by atoms with Gasteiger partial charge >= 0.3 is 0 Å². The minimum Gasteiger partial charge on any atom is -0.293 e.